The fourth-order valence-electron chi connectivity index (χ4n) is 2.91. The number of carbonyl (C=O) groups excluding carboxylic acids is 1. The molecule has 0 heterocycles. The van der Waals surface area contributed by atoms with Crippen LogP contribution in [-0.4, -0.2) is 31.6 Å². The average molecular weight is 318 g/mol. The van der Waals surface area contributed by atoms with Crippen LogP contribution >= 0.6 is 0 Å². The van der Waals surface area contributed by atoms with Gasteiger partial charge in [-0.3, -0.25) is 4.79 Å². The molecule has 128 valence electrons. The van der Waals surface area contributed by atoms with Gasteiger partial charge in [0, 0.05) is 19.5 Å². The lowest BCUT2D eigenvalue weighted by Crippen LogP contribution is -2.32. The van der Waals surface area contributed by atoms with Crippen LogP contribution in [0.4, 0.5) is 0 Å². The van der Waals surface area contributed by atoms with Crippen molar-refractivity contribution in [3.8, 4) is 5.75 Å². The lowest BCUT2D eigenvalue weighted by Gasteiger charge is -2.13. The zero-order chi connectivity index (χ0) is 16.3. The molecule has 1 fully saturated rings. The smallest absolute Gasteiger partial charge is 0.220 e. The number of aryl methyl sites for hydroxylation is 1. The first-order chi connectivity index (χ1) is 11.3. The van der Waals surface area contributed by atoms with E-state index < -0.39 is 0 Å². The molecule has 1 amide bonds. The maximum Gasteiger partial charge on any atom is 0.220 e. The van der Waals surface area contributed by atoms with E-state index in [1.807, 2.05) is 12.1 Å². The maximum absolute atomic E-state index is 11.8. The molecule has 0 aliphatic heterocycles. The monoisotopic (exact) mass is 318 g/mol. The Bertz CT molecular complexity index is 470. The Balaban J connectivity index is 1.67. The van der Waals surface area contributed by atoms with E-state index in [-0.39, 0.29) is 5.91 Å². The molecule has 1 aliphatic carbocycles. The Kier molecular flexibility index (Phi) is 7.95. The predicted octanol–water partition coefficient (Wildman–Crippen LogP) is 3.06. The fourth-order valence-corrected chi connectivity index (χ4v) is 2.91. The Morgan fingerprint density at radius 3 is 2.83 bits per heavy atom. The Morgan fingerprint density at radius 1 is 1.22 bits per heavy atom. The normalized spacial score (nSPS) is 14.8. The topological polar surface area (TPSA) is 50.4 Å². The van der Waals surface area contributed by atoms with Gasteiger partial charge in [0.2, 0.25) is 5.91 Å². The van der Waals surface area contributed by atoms with E-state index in [0.29, 0.717) is 19.1 Å². The summed E-state index contributed by atoms with van der Waals surface area (Å²) in [4.78, 5) is 11.8. The molecule has 0 saturated heterocycles. The van der Waals surface area contributed by atoms with Crippen molar-refractivity contribution in [1.82, 2.24) is 10.6 Å². The lowest BCUT2D eigenvalue weighted by molar-refractivity contribution is -0.121. The van der Waals surface area contributed by atoms with Crippen molar-refractivity contribution in [3.05, 3.63) is 29.8 Å². The van der Waals surface area contributed by atoms with Crippen LogP contribution in [0.3, 0.4) is 0 Å². The number of nitrogens with one attached hydrogen (secondary N) is 2. The highest BCUT2D eigenvalue weighted by Crippen LogP contribution is 2.24. The summed E-state index contributed by atoms with van der Waals surface area (Å²) < 4.78 is 6.02. The van der Waals surface area contributed by atoms with Crippen LogP contribution in [0.25, 0.3) is 0 Å². The van der Waals surface area contributed by atoms with E-state index in [1.165, 1.54) is 31.2 Å². The van der Waals surface area contributed by atoms with E-state index in [9.17, 15) is 4.79 Å². The highest BCUT2D eigenvalue weighted by molar-refractivity contribution is 5.76. The molecule has 0 unspecified atom stereocenters. The third kappa shape index (κ3) is 7.04. The van der Waals surface area contributed by atoms with Gasteiger partial charge >= 0.3 is 0 Å². The van der Waals surface area contributed by atoms with Crippen molar-refractivity contribution in [2.45, 2.75) is 58.0 Å². The van der Waals surface area contributed by atoms with Crippen molar-refractivity contribution in [2.75, 3.05) is 19.6 Å². The van der Waals surface area contributed by atoms with E-state index in [4.69, 9.17) is 4.74 Å². The van der Waals surface area contributed by atoms with Gasteiger partial charge in [0.05, 0.1) is 6.10 Å². The van der Waals surface area contributed by atoms with Crippen molar-refractivity contribution in [3.63, 3.8) is 0 Å². The molecular weight excluding hydrogens is 288 g/mol. The van der Waals surface area contributed by atoms with Crippen LogP contribution in [-0.2, 0) is 11.2 Å². The SMILES string of the molecule is CCCNCCNC(=O)CCc1cccc(OC2CCCC2)c1. The molecule has 2 rings (SSSR count). The minimum absolute atomic E-state index is 0.116. The molecule has 4 heteroatoms. The Morgan fingerprint density at radius 2 is 2.04 bits per heavy atom. The van der Waals surface area contributed by atoms with Crippen molar-refractivity contribution in [1.29, 1.82) is 0 Å². The highest BCUT2D eigenvalue weighted by atomic mass is 16.5. The highest BCUT2D eigenvalue weighted by Gasteiger charge is 2.16. The van der Waals surface area contributed by atoms with Crippen LogP contribution in [0.2, 0.25) is 0 Å². The van der Waals surface area contributed by atoms with Gasteiger partial charge in [-0.25, -0.2) is 0 Å². The van der Waals surface area contributed by atoms with Gasteiger partial charge in [-0.1, -0.05) is 19.1 Å². The summed E-state index contributed by atoms with van der Waals surface area (Å²) in [6, 6.07) is 8.18. The molecule has 1 aliphatic rings. The first-order valence-corrected chi connectivity index (χ1v) is 9.01. The van der Waals surface area contributed by atoms with Gasteiger partial charge in [-0.2, -0.15) is 0 Å². The quantitative estimate of drug-likeness (QED) is 0.652. The molecular formula is C19H30N2O2. The number of hydrogen-bond acceptors (Lipinski definition) is 3. The largest absolute Gasteiger partial charge is 0.490 e. The maximum atomic E-state index is 11.8. The standard InChI is InChI=1S/C19H30N2O2/c1-2-12-20-13-14-21-19(22)11-10-16-6-5-9-18(15-16)23-17-7-3-4-8-17/h5-6,9,15,17,20H,2-4,7-8,10-14H2,1H3,(H,21,22). The van der Waals surface area contributed by atoms with Crippen LogP contribution in [0.15, 0.2) is 24.3 Å². The van der Waals surface area contributed by atoms with Crippen LogP contribution in [0.5, 0.6) is 5.75 Å². The summed E-state index contributed by atoms with van der Waals surface area (Å²) in [5, 5.41) is 6.23. The van der Waals surface area contributed by atoms with Crippen molar-refractivity contribution < 1.29 is 9.53 Å². The predicted molar refractivity (Wildman–Crippen MR) is 93.8 cm³/mol. The van der Waals surface area contributed by atoms with Crippen molar-refractivity contribution >= 4 is 5.91 Å². The molecule has 1 aromatic rings. The summed E-state index contributed by atoms with van der Waals surface area (Å²) >= 11 is 0. The molecule has 2 N–H and O–H groups in total. The van der Waals surface area contributed by atoms with E-state index in [0.717, 1.165) is 31.7 Å². The van der Waals surface area contributed by atoms with Crippen LogP contribution in [0, 0.1) is 0 Å². The van der Waals surface area contributed by atoms with E-state index >= 15 is 0 Å². The fraction of sp³-hybridized carbons (Fsp3) is 0.632. The summed E-state index contributed by atoms with van der Waals surface area (Å²) in [5.41, 5.74) is 1.17. The molecule has 4 nitrogen and oxygen atoms in total. The summed E-state index contributed by atoms with van der Waals surface area (Å²) in [6.45, 7) is 4.67. The lowest BCUT2D eigenvalue weighted by atomic mass is 10.1. The molecule has 0 bridgehead atoms. The Labute approximate surface area is 140 Å². The molecule has 0 aromatic heterocycles. The van der Waals surface area contributed by atoms with Gasteiger partial charge in [0.15, 0.2) is 0 Å². The molecule has 0 spiro atoms. The van der Waals surface area contributed by atoms with E-state index in [2.05, 4.69) is 29.7 Å². The minimum Gasteiger partial charge on any atom is -0.490 e. The summed E-state index contributed by atoms with van der Waals surface area (Å²) in [7, 11) is 0. The molecule has 23 heavy (non-hydrogen) atoms. The van der Waals surface area contributed by atoms with Gasteiger partial charge in [0.25, 0.3) is 0 Å². The van der Waals surface area contributed by atoms with Crippen LogP contribution in [0.1, 0.15) is 51.0 Å². The minimum atomic E-state index is 0.116. The van der Waals surface area contributed by atoms with Gasteiger partial charge in [-0.15, -0.1) is 0 Å². The number of hydrogen-bond donors (Lipinski definition) is 2. The molecule has 0 radical (unpaired) electrons. The van der Waals surface area contributed by atoms with E-state index in [1.54, 1.807) is 0 Å². The second-order valence-electron chi connectivity index (χ2n) is 6.27. The first kappa shape index (κ1) is 17.8. The first-order valence-electron chi connectivity index (χ1n) is 9.01. The number of carbonyl (C=O) groups is 1. The third-order valence-corrected chi connectivity index (χ3v) is 4.19. The average Bonchev–Trinajstić information content (AvgIpc) is 3.06. The number of ether oxygens (including phenoxy) is 1. The molecule has 0 atom stereocenters. The molecule has 1 aromatic carbocycles. The zero-order valence-electron chi connectivity index (χ0n) is 14.3. The number of rotatable bonds is 10. The van der Waals surface area contributed by atoms with Gasteiger partial charge in [0.1, 0.15) is 5.75 Å². The zero-order valence-corrected chi connectivity index (χ0v) is 14.3. The number of benzene rings is 1. The van der Waals surface area contributed by atoms with Gasteiger partial charge in [-0.05, 0) is 62.8 Å². The summed E-state index contributed by atoms with van der Waals surface area (Å²) in [5.74, 6) is 1.06. The van der Waals surface area contributed by atoms with Crippen molar-refractivity contribution in [2.24, 2.45) is 0 Å². The van der Waals surface area contributed by atoms with Crippen LogP contribution < -0.4 is 15.4 Å². The molecule has 1 saturated carbocycles. The summed E-state index contributed by atoms with van der Waals surface area (Å²) in [6.07, 6.45) is 7.67. The number of amides is 1. The second kappa shape index (κ2) is 10.3. The Hall–Kier alpha value is -1.55. The second-order valence-corrected chi connectivity index (χ2v) is 6.27. The third-order valence-electron chi connectivity index (χ3n) is 4.19. The van der Waals surface area contributed by atoms with Gasteiger partial charge < -0.3 is 15.4 Å².